The Balaban J connectivity index is 1.47. The first-order valence-electron chi connectivity index (χ1n) is 9.05. The normalized spacial score (nSPS) is 10.7. The average molecular weight is 500 g/mol. The molecule has 2 N–H and O–H groups in total. The molecule has 9 heteroatoms. The van der Waals surface area contributed by atoms with E-state index in [0.29, 0.717) is 44.0 Å². The molecule has 0 aliphatic heterocycles. The maximum Gasteiger partial charge on any atom is 0.257 e. The fourth-order valence-electron chi connectivity index (χ4n) is 2.90. The topological polar surface area (TPSA) is 76.4 Å². The molecular formula is C22H15BrFN3O3S. The quantitative estimate of drug-likeness (QED) is 0.359. The average Bonchev–Trinajstić information content (AvgIpc) is 3.17. The van der Waals surface area contributed by atoms with E-state index in [9.17, 15) is 9.18 Å². The van der Waals surface area contributed by atoms with E-state index in [0.717, 1.165) is 0 Å². The summed E-state index contributed by atoms with van der Waals surface area (Å²) in [6.45, 7) is 0. The van der Waals surface area contributed by atoms with Gasteiger partial charge in [0.2, 0.25) is 5.89 Å². The van der Waals surface area contributed by atoms with E-state index < -0.39 is 0 Å². The zero-order valence-corrected chi connectivity index (χ0v) is 18.5. The van der Waals surface area contributed by atoms with Gasteiger partial charge in [0.25, 0.3) is 5.91 Å². The van der Waals surface area contributed by atoms with Crippen molar-refractivity contribution in [2.24, 2.45) is 0 Å². The molecule has 4 aromatic rings. The van der Waals surface area contributed by atoms with Crippen LogP contribution in [0.1, 0.15) is 10.4 Å². The van der Waals surface area contributed by atoms with Gasteiger partial charge in [0.15, 0.2) is 10.7 Å². The number of amides is 1. The van der Waals surface area contributed by atoms with Crippen molar-refractivity contribution in [1.82, 2.24) is 10.3 Å². The molecule has 3 aromatic carbocycles. The summed E-state index contributed by atoms with van der Waals surface area (Å²) in [6.07, 6.45) is 0. The molecule has 0 saturated carbocycles. The van der Waals surface area contributed by atoms with E-state index >= 15 is 0 Å². The highest BCUT2D eigenvalue weighted by Crippen LogP contribution is 2.27. The van der Waals surface area contributed by atoms with Crippen LogP contribution in [0.15, 0.2) is 69.6 Å². The second kappa shape index (κ2) is 8.83. The van der Waals surface area contributed by atoms with Gasteiger partial charge in [-0.2, -0.15) is 0 Å². The van der Waals surface area contributed by atoms with Crippen molar-refractivity contribution >= 4 is 56.0 Å². The Bertz CT molecular complexity index is 1310. The Morgan fingerprint density at radius 1 is 1.16 bits per heavy atom. The molecule has 0 saturated heterocycles. The zero-order chi connectivity index (χ0) is 22.0. The predicted molar refractivity (Wildman–Crippen MR) is 124 cm³/mol. The lowest BCUT2D eigenvalue weighted by Crippen LogP contribution is -2.34. The molecule has 0 bridgehead atoms. The summed E-state index contributed by atoms with van der Waals surface area (Å²) >= 11 is 8.60. The molecule has 0 aliphatic carbocycles. The molecular weight excluding hydrogens is 485 g/mol. The van der Waals surface area contributed by atoms with Crippen LogP contribution in [0.5, 0.6) is 5.75 Å². The molecule has 1 heterocycles. The number of hydrogen-bond acceptors (Lipinski definition) is 5. The van der Waals surface area contributed by atoms with Crippen LogP contribution in [0.4, 0.5) is 10.1 Å². The highest BCUT2D eigenvalue weighted by atomic mass is 79.9. The number of fused-ring (bicyclic) bond motifs is 1. The number of thiocarbonyl (C=S) groups is 1. The molecule has 6 nitrogen and oxygen atoms in total. The fourth-order valence-corrected chi connectivity index (χ4v) is 3.65. The van der Waals surface area contributed by atoms with Crippen LogP contribution in [0.2, 0.25) is 0 Å². The fraction of sp³-hybridized carbons (Fsp3) is 0.0455. The summed E-state index contributed by atoms with van der Waals surface area (Å²) in [5, 5.41) is 5.71. The summed E-state index contributed by atoms with van der Waals surface area (Å²) in [4.78, 5) is 16.8. The van der Waals surface area contributed by atoms with Crippen molar-refractivity contribution < 1.29 is 18.3 Å². The molecule has 31 heavy (non-hydrogen) atoms. The minimum absolute atomic E-state index is 0.130. The van der Waals surface area contributed by atoms with Crippen molar-refractivity contribution in [1.29, 1.82) is 0 Å². The van der Waals surface area contributed by atoms with E-state index in [1.807, 2.05) is 0 Å². The first-order valence-corrected chi connectivity index (χ1v) is 10.3. The summed E-state index contributed by atoms with van der Waals surface area (Å²) in [5.74, 6) is 0.201. The Hall–Kier alpha value is -3.30. The number of ether oxygens (including phenoxy) is 1. The van der Waals surface area contributed by atoms with Gasteiger partial charge in [-0.05, 0) is 82.7 Å². The number of nitrogens with one attached hydrogen (secondary N) is 2. The van der Waals surface area contributed by atoms with Crippen LogP contribution in [-0.4, -0.2) is 23.1 Å². The van der Waals surface area contributed by atoms with Gasteiger partial charge in [-0.25, -0.2) is 9.37 Å². The molecule has 0 atom stereocenters. The molecule has 1 aromatic heterocycles. The van der Waals surface area contributed by atoms with Crippen LogP contribution >= 0.6 is 28.1 Å². The lowest BCUT2D eigenvalue weighted by Gasteiger charge is -2.10. The molecule has 0 unspecified atom stereocenters. The van der Waals surface area contributed by atoms with Crippen LogP contribution in [-0.2, 0) is 0 Å². The van der Waals surface area contributed by atoms with Gasteiger partial charge in [0.1, 0.15) is 17.1 Å². The van der Waals surface area contributed by atoms with Crippen LogP contribution in [0.25, 0.3) is 22.6 Å². The summed E-state index contributed by atoms with van der Waals surface area (Å²) in [6, 6.07) is 16.2. The van der Waals surface area contributed by atoms with Gasteiger partial charge in [-0.1, -0.05) is 6.07 Å². The second-order valence-electron chi connectivity index (χ2n) is 6.47. The minimum atomic E-state index is -0.368. The van der Waals surface area contributed by atoms with Crippen LogP contribution < -0.4 is 15.4 Å². The van der Waals surface area contributed by atoms with Gasteiger partial charge in [-0.15, -0.1) is 0 Å². The number of aromatic nitrogens is 1. The maximum atomic E-state index is 13.5. The third-order valence-electron chi connectivity index (χ3n) is 4.36. The number of halogens is 2. The number of benzene rings is 3. The summed E-state index contributed by atoms with van der Waals surface area (Å²) < 4.78 is 25.0. The van der Waals surface area contributed by atoms with Gasteiger partial charge in [0, 0.05) is 16.8 Å². The number of methoxy groups -OCH3 is 1. The van der Waals surface area contributed by atoms with E-state index in [1.54, 1.807) is 55.6 Å². The lowest BCUT2D eigenvalue weighted by molar-refractivity contribution is 0.0977. The largest absolute Gasteiger partial charge is 0.496 e. The molecule has 1 amide bonds. The van der Waals surface area contributed by atoms with Gasteiger partial charge in [0.05, 0.1) is 11.6 Å². The van der Waals surface area contributed by atoms with Gasteiger partial charge in [-0.3, -0.25) is 10.1 Å². The smallest absolute Gasteiger partial charge is 0.257 e. The second-order valence-corrected chi connectivity index (χ2v) is 7.73. The Kier molecular flexibility index (Phi) is 5.97. The minimum Gasteiger partial charge on any atom is -0.496 e. The van der Waals surface area contributed by atoms with Crippen molar-refractivity contribution in [3.63, 3.8) is 0 Å². The van der Waals surface area contributed by atoms with Crippen LogP contribution in [0.3, 0.4) is 0 Å². The van der Waals surface area contributed by atoms with E-state index in [1.165, 1.54) is 12.1 Å². The molecule has 0 aliphatic rings. The molecule has 0 fully saturated rings. The number of carbonyl (C=O) groups excluding carboxylic acids is 1. The van der Waals surface area contributed by atoms with E-state index in [2.05, 4.69) is 31.5 Å². The zero-order valence-electron chi connectivity index (χ0n) is 16.1. The Morgan fingerprint density at radius 2 is 2.00 bits per heavy atom. The summed E-state index contributed by atoms with van der Waals surface area (Å²) in [5.41, 5.74) is 2.69. The molecule has 4 rings (SSSR count). The number of hydrogen-bond donors (Lipinski definition) is 2. The molecule has 0 spiro atoms. The first-order chi connectivity index (χ1) is 14.9. The molecule has 0 radical (unpaired) electrons. The van der Waals surface area contributed by atoms with Gasteiger partial charge < -0.3 is 14.5 Å². The highest BCUT2D eigenvalue weighted by molar-refractivity contribution is 9.10. The standard InChI is InChI=1S/C22H15BrFN3O3S/c1-29-18-7-5-12(10-16(18)23)20(28)27-22(31)25-15-6-8-19-17(11-15)26-21(30-19)13-3-2-4-14(24)9-13/h2-11H,1H3,(H2,25,27,28,31). The Labute approximate surface area is 190 Å². The third-order valence-corrected chi connectivity index (χ3v) is 5.18. The van der Waals surface area contributed by atoms with Crippen molar-refractivity contribution in [2.75, 3.05) is 12.4 Å². The predicted octanol–water partition coefficient (Wildman–Crippen LogP) is 5.53. The number of anilines is 1. The SMILES string of the molecule is COc1ccc(C(=O)NC(=S)Nc2ccc3oc(-c4cccc(F)c4)nc3c2)cc1Br. The monoisotopic (exact) mass is 499 g/mol. The maximum absolute atomic E-state index is 13.5. The number of oxazole rings is 1. The highest BCUT2D eigenvalue weighted by Gasteiger charge is 2.13. The van der Waals surface area contributed by atoms with E-state index in [-0.39, 0.29) is 16.8 Å². The third kappa shape index (κ3) is 4.73. The van der Waals surface area contributed by atoms with E-state index in [4.69, 9.17) is 21.4 Å². The van der Waals surface area contributed by atoms with Crippen molar-refractivity contribution in [2.45, 2.75) is 0 Å². The number of carbonyl (C=O) groups is 1. The van der Waals surface area contributed by atoms with Crippen LogP contribution in [0, 0.1) is 5.82 Å². The first kappa shape index (κ1) is 21.0. The number of nitrogens with zero attached hydrogens (tertiary/aromatic N) is 1. The molecule has 156 valence electrons. The summed E-state index contributed by atoms with van der Waals surface area (Å²) in [7, 11) is 1.55. The van der Waals surface area contributed by atoms with Gasteiger partial charge >= 0.3 is 0 Å². The number of rotatable bonds is 4. The Morgan fingerprint density at radius 3 is 2.74 bits per heavy atom. The van der Waals surface area contributed by atoms with Crippen molar-refractivity contribution in [3.8, 4) is 17.2 Å². The lowest BCUT2D eigenvalue weighted by atomic mass is 10.2. The van der Waals surface area contributed by atoms with Crippen molar-refractivity contribution in [3.05, 3.63) is 76.5 Å².